The van der Waals surface area contributed by atoms with E-state index in [1.54, 1.807) is 29.2 Å². The van der Waals surface area contributed by atoms with Crippen LogP contribution in [-0.4, -0.2) is 24.7 Å². The van der Waals surface area contributed by atoms with E-state index in [0.717, 1.165) is 10.0 Å². The lowest BCUT2D eigenvalue weighted by molar-refractivity contribution is 0.560. The summed E-state index contributed by atoms with van der Waals surface area (Å²) in [6, 6.07) is 9.10. The Morgan fingerprint density at radius 3 is 2.63 bits per heavy atom. The molecule has 0 unspecified atom stereocenters. The minimum atomic E-state index is -3.30. The minimum absolute atomic E-state index is 0.00333. The summed E-state index contributed by atoms with van der Waals surface area (Å²) in [5.41, 5.74) is 0.775. The Bertz CT molecular complexity index is 625. The van der Waals surface area contributed by atoms with E-state index in [9.17, 15) is 8.42 Å². The molecule has 0 atom stereocenters. The molecule has 2 aromatic rings. The zero-order valence-electron chi connectivity index (χ0n) is 10.2. The number of benzene rings is 1. The molecule has 0 saturated heterocycles. The molecule has 1 heterocycles. The molecule has 0 spiro atoms. The van der Waals surface area contributed by atoms with Crippen LogP contribution in [0.1, 0.15) is 5.56 Å². The van der Waals surface area contributed by atoms with Gasteiger partial charge in [0.15, 0.2) is 0 Å². The fraction of sp³-hybridized carbons (Fsp3) is 0.250. The van der Waals surface area contributed by atoms with Gasteiger partial charge in [-0.1, -0.05) is 30.3 Å². The highest BCUT2D eigenvalue weighted by Gasteiger charge is 2.10. The van der Waals surface area contributed by atoms with Crippen LogP contribution in [0.25, 0.3) is 0 Å². The van der Waals surface area contributed by atoms with Crippen molar-refractivity contribution >= 4 is 26.0 Å². The van der Waals surface area contributed by atoms with Crippen LogP contribution < -0.4 is 4.72 Å². The molecule has 0 bridgehead atoms. The lowest BCUT2D eigenvalue weighted by Crippen LogP contribution is -2.28. The Kier molecular flexibility index (Phi) is 4.73. The van der Waals surface area contributed by atoms with Crippen LogP contribution in [-0.2, 0) is 22.3 Å². The van der Waals surface area contributed by atoms with Crippen molar-refractivity contribution in [2.75, 3.05) is 6.54 Å². The van der Waals surface area contributed by atoms with Crippen LogP contribution in [0.3, 0.4) is 0 Å². The maximum Gasteiger partial charge on any atom is 0.215 e. The second-order valence-electron chi connectivity index (χ2n) is 4.06. The van der Waals surface area contributed by atoms with Gasteiger partial charge in [0.1, 0.15) is 0 Å². The summed E-state index contributed by atoms with van der Waals surface area (Å²) >= 11 is 3.29. The number of sulfonamides is 1. The predicted molar refractivity (Wildman–Crippen MR) is 77.0 cm³/mol. The van der Waals surface area contributed by atoms with Crippen LogP contribution in [0.15, 0.2) is 47.2 Å². The molecule has 0 aliphatic heterocycles. The maximum atomic E-state index is 11.8. The van der Waals surface area contributed by atoms with Gasteiger partial charge >= 0.3 is 0 Å². The first-order valence-corrected chi connectivity index (χ1v) is 8.19. The molecule has 1 aromatic heterocycles. The summed E-state index contributed by atoms with van der Waals surface area (Å²) in [6.07, 6.45) is 3.46. The number of nitrogens with zero attached hydrogens (tertiary/aromatic N) is 2. The van der Waals surface area contributed by atoms with Gasteiger partial charge in [-0.15, -0.1) is 0 Å². The van der Waals surface area contributed by atoms with Gasteiger partial charge in [-0.2, -0.15) is 5.10 Å². The van der Waals surface area contributed by atoms with E-state index in [4.69, 9.17) is 0 Å². The molecule has 0 aliphatic rings. The maximum absolute atomic E-state index is 11.8. The van der Waals surface area contributed by atoms with E-state index in [0.29, 0.717) is 13.1 Å². The van der Waals surface area contributed by atoms with Gasteiger partial charge in [-0.3, -0.25) is 4.68 Å². The fourth-order valence-corrected chi connectivity index (χ4v) is 3.08. The molecule has 1 aromatic carbocycles. The zero-order valence-corrected chi connectivity index (χ0v) is 12.6. The quantitative estimate of drug-likeness (QED) is 0.869. The van der Waals surface area contributed by atoms with Crippen molar-refractivity contribution in [2.24, 2.45) is 0 Å². The fourth-order valence-electron chi connectivity index (χ4n) is 1.62. The molecular weight excluding hydrogens is 330 g/mol. The Hall–Kier alpha value is -1.18. The molecule has 7 heteroatoms. The number of aromatic nitrogens is 2. The van der Waals surface area contributed by atoms with Gasteiger partial charge in [0, 0.05) is 12.7 Å². The van der Waals surface area contributed by atoms with Gasteiger partial charge in [-0.05, 0) is 21.5 Å². The number of halogens is 1. The van der Waals surface area contributed by atoms with Gasteiger partial charge in [0.25, 0.3) is 0 Å². The van der Waals surface area contributed by atoms with Crippen molar-refractivity contribution in [3.8, 4) is 0 Å². The van der Waals surface area contributed by atoms with Crippen LogP contribution in [0.2, 0.25) is 0 Å². The summed E-state index contributed by atoms with van der Waals surface area (Å²) < 4.78 is 28.8. The van der Waals surface area contributed by atoms with E-state index in [1.165, 1.54) is 0 Å². The molecule has 2 rings (SSSR count). The van der Waals surface area contributed by atoms with E-state index >= 15 is 0 Å². The smallest absolute Gasteiger partial charge is 0.215 e. The van der Waals surface area contributed by atoms with Crippen molar-refractivity contribution in [3.63, 3.8) is 0 Å². The van der Waals surface area contributed by atoms with Crippen LogP contribution >= 0.6 is 15.9 Å². The lowest BCUT2D eigenvalue weighted by atomic mass is 10.2. The van der Waals surface area contributed by atoms with Crippen LogP contribution in [0, 0.1) is 0 Å². The zero-order chi connectivity index (χ0) is 13.7. The first kappa shape index (κ1) is 14.2. The molecule has 0 saturated carbocycles. The largest absolute Gasteiger partial charge is 0.270 e. The highest BCUT2D eigenvalue weighted by Crippen LogP contribution is 2.06. The summed E-state index contributed by atoms with van der Waals surface area (Å²) in [5, 5.41) is 4.05. The molecule has 1 N–H and O–H groups in total. The average Bonchev–Trinajstić information content (AvgIpc) is 2.75. The lowest BCUT2D eigenvalue weighted by Gasteiger charge is -2.06. The number of nitrogens with one attached hydrogen (secondary N) is 1. The van der Waals surface area contributed by atoms with Crippen molar-refractivity contribution in [2.45, 2.75) is 12.3 Å². The predicted octanol–water partition coefficient (Wildman–Crippen LogP) is 1.77. The highest BCUT2D eigenvalue weighted by molar-refractivity contribution is 9.10. The SMILES string of the molecule is O=S(=O)(Cc1ccccc1)NCCn1cc(Br)cn1. The van der Waals surface area contributed by atoms with Gasteiger partial charge < -0.3 is 0 Å². The van der Waals surface area contributed by atoms with Gasteiger partial charge in [0.2, 0.25) is 10.0 Å². The molecular formula is C12H14BrN3O2S. The van der Waals surface area contributed by atoms with Crippen molar-refractivity contribution < 1.29 is 8.42 Å². The van der Waals surface area contributed by atoms with Crippen molar-refractivity contribution in [1.82, 2.24) is 14.5 Å². The molecule has 19 heavy (non-hydrogen) atoms. The molecule has 0 aliphatic carbocycles. The Balaban J connectivity index is 1.84. The summed E-state index contributed by atoms with van der Waals surface area (Å²) in [6.45, 7) is 0.822. The summed E-state index contributed by atoms with van der Waals surface area (Å²) in [4.78, 5) is 0. The highest BCUT2D eigenvalue weighted by atomic mass is 79.9. The number of hydrogen-bond donors (Lipinski definition) is 1. The average molecular weight is 344 g/mol. The number of rotatable bonds is 6. The topological polar surface area (TPSA) is 64.0 Å². The van der Waals surface area contributed by atoms with Crippen molar-refractivity contribution in [3.05, 3.63) is 52.8 Å². The normalized spacial score (nSPS) is 11.6. The third-order valence-corrected chi connectivity index (χ3v) is 4.23. The second kappa shape index (κ2) is 6.31. The van der Waals surface area contributed by atoms with Crippen LogP contribution in [0.4, 0.5) is 0 Å². The van der Waals surface area contributed by atoms with E-state index in [-0.39, 0.29) is 5.75 Å². The minimum Gasteiger partial charge on any atom is -0.270 e. The Morgan fingerprint density at radius 2 is 2.00 bits per heavy atom. The number of hydrogen-bond acceptors (Lipinski definition) is 3. The van der Waals surface area contributed by atoms with E-state index in [1.807, 2.05) is 18.2 Å². The second-order valence-corrected chi connectivity index (χ2v) is 6.78. The van der Waals surface area contributed by atoms with Crippen molar-refractivity contribution in [1.29, 1.82) is 0 Å². The first-order valence-electron chi connectivity index (χ1n) is 5.74. The summed E-state index contributed by atoms with van der Waals surface area (Å²) in [7, 11) is -3.30. The molecule has 0 fully saturated rings. The summed E-state index contributed by atoms with van der Waals surface area (Å²) in [5.74, 6) is -0.00333. The van der Waals surface area contributed by atoms with E-state index in [2.05, 4.69) is 25.8 Å². The first-order chi connectivity index (χ1) is 9.05. The Morgan fingerprint density at radius 1 is 1.26 bits per heavy atom. The standard InChI is InChI=1S/C12H14BrN3O2S/c13-12-8-14-16(9-12)7-6-15-19(17,18)10-11-4-2-1-3-5-11/h1-5,8-9,15H,6-7,10H2. The third kappa shape index (κ3) is 4.77. The Labute approximate surface area is 120 Å². The third-order valence-electron chi connectivity index (χ3n) is 2.46. The monoisotopic (exact) mass is 343 g/mol. The molecule has 5 nitrogen and oxygen atoms in total. The molecule has 0 amide bonds. The molecule has 0 radical (unpaired) electrons. The van der Waals surface area contributed by atoms with Crippen LogP contribution in [0.5, 0.6) is 0 Å². The van der Waals surface area contributed by atoms with Gasteiger partial charge in [0.05, 0.1) is 23.0 Å². The molecule has 102 valence electrons. The van der Waals surface area contributed by atoms with Gasteiger partial charge in [-0.25, -0.2) is 13.1 Å². The van der Waals surface area contributed by atoms with E-state index < -0.39 is 10.0 Å².